The van der Waals surface area contributed by atoms with Crippen LogP contribution in [0.25, 0.3) is 0 Å². The van der Waals surface area contributed by atoms with Crippen LogP contribution in [0.4, 0.5) is 5.82 Å². The molecule has 1 heterocycles. The molecule has 2 rings (SSSR count). The standard InChI is InChI=1S/C12H17N3O2/c1-8(2)9-6-10(14-7-13-9)15-11(16)12(17-3)4-5-12/h6-8H,4-5H2,1-3H3,(H,13,14,15,16). The first kappa shape index (κ1) is 12.0. The molecule has 0 spiro atoms. The number of hydrogen-bond donors (Lipinski definition) is 1. The Labute approximate surface area is 101 Å². The van der Waals surface area contributed by atoms with E-state index in [2.05, 4.69) is 15.3 Å². The van der Waals surface area contributed by atoms with Crippen molar-refractivity contribution < 1.29 is 9.53 Å². The van der Waals surface area contributed by atoms with E-state index in [4.69, 9.17) is 4.74 Å². The lowest BCUT2D eigenvalue weighted by Crippen LogP contribution is -2.31. The summed E-state index contributed by atoms with van der Waals surface area (Å²) in [6, 6.07) is 1.80. The highest BCUT2D eigenvalue weighted by atomic mass is 16.5. The van der Waals surface area contributed by atoms with Gasteiger partial charge in [-0.25, -0.2) is 9.97 Å². The summed E-state index contributed by atoms with van der Waals surface area (Å²) < 4.78 is 5.21. The predicted molar refractivity (Wildman–Crippen MR) is 63.7 cm³/mol. The molecule has 0 saturated heterocycles. The SMILES string of the molecule is COC1(C(=O)Nc2cc(C(C)C)ncn2)CC1. The fourth-order valence-electron chi connectivity index (χ4n) is 1.62. The molecule has 0 atom stereocenters. The monoisotopic (exact) mass is 235 g/mol. The zero-order valence-corrected chi connectivity index (χ0v) is 10.4. The van der Waals surface area contributed by atoms with Crippen molar-refractivity contribution in [2.24, 2.45) is 0 Å². The molecule has 0 radical (unpaired) electrons. The van der Waals surface area contributed by atoms with Gasteiger partial charge in [0.25, 0.3) is 5.91 Å². The Morgan fingerprint density at radius 2 is 2.18 bits per heavy atom. The lowest BCUT2D eigenvalue weighted by molar-refractivity contribution is -0.128. The lowest BCUT2D eigenvalue weighted by Gasteiger charge is -2.13. The number of rotatable bonds is 4. The number of nitrogens with zero attached hydrogens (tertiary/aromatic N) is 2. The van der Waals surface area contributed by atoms with Crippen molar-refractivity contribution in [1.29, 1.82) is 0 Å². The molecule has 1 N–H and O–H groups in total. The summed E-state index contributed by atoms with van der Waals surface area (Å²) in [7, 11) is 1.56. The smallest absolute Gasteiger partial charge is 0.257 e. The summed E-state index contributed by atoms with van der Waals surface area (Å²) >= 11 is 0. The fourth-order valence-corrected chi connectivity index (χ4v) is 1.62. The number of methoxy groups -OCH3 is 1. The first-order valence-corrected chi connectivity index (χ1v) is 5.76. The van der Waals surface area contributed by atoms with E-state index in [0.29, 0.717) is 11.7 Å². The van der Waals surface area contributed by atoms with E-state index < -0.39 is 5.60 Å². The third-order valence-corrected chi connectivity index (χ3v) is 3.03. The van der Waals surface area contributed by atoms with Crippen molar-refractivity contribution in [3.05, 3.63) is 18.1 Å². The van der Waals surface area contributed by atoms with Crippen LogP contribution in [-0.2, 0) is 9.53 Å². The molecule has 1 fully saturated rings. The van der Waals surface area contributed by atoms with Gasteiger partial charge in [0, 0.05) is 18.9 Å². The molecule has 17 heavy (non-hydrogen) atoms. The molecule has 5 heteroatoms. The van der Waals surface area contributed by atoms with E-state index in [-0.39, 0.29) is 5.91 Å². The largest absolute Gasteiger partial charge is 0.368 e. The number of carbonyl (C=O) groups is 1. The third-order valence-electron chi connectivity index (χ3n) is 3.03. The van der Waals surface area contributed by atoms with Crippen LogP contribution in [0.3, 0.4) is 0 Å². The Kier molecular flexibility index (Phi) is 3.11. The zero-order chi connectivity index (χ0) is 12.5. The van der Waals surface area contributed by atoms with E-state index in [0.717, 1.165) is 18.5 Å². The summed E-state index contributed by atoms with van der Waals surface area (Å²) in [4.78, 5) is 20.1. The Morgan fingerprint density at radius 1 is 1.47 bits per heavy atom. The fraction of sp³-hybridized carbons (Fsp3) is 0.583. The molecule has 0 aliphatic heterocycles. The maximum atomic E-state index is 11.9. The molecule has 1 aliphatic carbocycles. The Hall–Kier alpha value is -1.49. The molecule has 1 saturated carbocycles. The van der Waals surface area contributed by atoms with Gasteiger partial charge in [-0.3, -0.25) is 4.79 Å². The molecular weight excluding hydrogens is 218 g/mol. The topological polar surface area (TPSA) is 64.1 Å². The third kappa shape index (κ3) is 2.44. The molecule has 92 valence electrons. The van der Waals surface area contributed by atoms with E-state index in [1.807, 2.05) is 13.8 Å². The Bertz CT molecular complexity index is 428. The second-order valence-corrected chi connectivity index (χ2v) is 4.64. The van der Waals surface area contributed by atoms with Crippen LogP contribution in [0, 0.1) is 0 Å². The van der Waals surface area contributed by atoms with Gasteiger partial charge in [-0.15, -0.1) is 0 Å². The number of nitrogens with one attached hydrogen (secondary N) is 1. The summed E-state index contributed by atoms with van der Waals surface area (Å²) in [5.74, 6) is 0.733. The summed E-state index contributed by atoms with van der Waals surface area (Å²) in [5, 5.41) is 2.78. The quantitative estimate of drug-likeness (QED) is 0.863. The van der Waals surface area contributed by atoms with Crippen molar-refractivity contribution >= 4 is 11.7 Å². The van der Waals surface area contributed by atoms with Gasteiger partial charge in [-0.1, -0.05) is 13.8 Å². The minimum atomic E-state index is -0.622. The average Bonchev–Trinajstić information content (AvgIpc) is 3.10. The molecule has 0 aromatic carbocycles. The Balaban J connectivity index is 2.08. The normalized spacial score (nSPS) is 16.9. The van der Waals surface area contributed by atoms with Crippen molar-refractivity contribution in [2.45, 2.75) is 38.2 Å². The molecule has 0 bridgehead atoms. The van der Waals surface area contributed by atoms with Gasteiger partial charge in [-0.05, 0) is 18.8 Å². The number of aromatic nitrogens is 2. The van der Waals surface area contributed by atoms with Gasteiger partial charge in [-0.2, -0.15) is 0 Å². The predicted octanol–water partition coefficient (Wildman–Crippen LogP) is 1.72. The molecule has 1 aromatic rings. The molecule has 1 amide bonds. The molecule has 1 aromatic heterocycles. The Morgan fingerprint density at radius 3 is 2.71 bits per heavy atom. The second-order valence-electron chi connectivity index (χ2n) is 4.64. The van der Waals surface area contributed by atoms with Gasteiger partial charge < -0.3 is 10.1 Å². The van der Waals surface area contributed by atoms with Crippen LogP contribution in [0.15, 0.2) is 12.4 Å². The van der Waals surface area contributed by atoms with Gasteiger partial charge in [0.2, 0.25) is 0 Å². The van der Waals surface area contributed by atoms with Crippen molar-refractivity contribution in [1.82, 2.24) is 9.97 Å². The van der Waals surface area contributed by atoms with E-state index in [1.54, 1.807) is 13.2 Å². The van der Waals surface area contributed by atoms with Crippen molar-refractivity contribution in [2.75, 3.05) is 12.4 Å². The summed E-state index contributed by atoms with van der Waals surface area (Å²) in [6.07, 6.45) is 3.02. The summed E-state index contributed by atoms with van der Waals surface area (Å²) in [6.45, 7) is 4.09. The number of ether oxygens (including phenoxy) is 1. The molecule has 1 aliphatic rings. The van der Waals surface area contributed by atoms with Gasteiger partial charge in [0.15, 0.2) is 0 Å². The molecule has 5 nitrogen and oxygen atoms in total. The van der Waals surface area contributed by atoms with Crippen molar-refractivity contribution in [3.63, 3.8) is 0 Å². The highest BCUT2D eigenvalue weighted by Crippen LogP contribution is 2.39. The first-order chi connectivity index (χ1) is 8.07. The minimum Gasteiger partial charge on any atom is -0.368 e. The number of carbonyl (C=O) groups excluding carboxylic acids is 1. The van der Waals surface area contributed by atoms with Gasteiger partial charge in [0.05, 0.1) is 0 Å². The van der Waals surface area contributed by atoms with Crippen LogP contribution in [0.5, 0.6) is 0 Å². The van der Waals surface area contributed by atoms with Crippen LogP contribution >= 0.6 is 0 Å². The van der Waals surface area contributed by atoms with Crippen LogP contribution < -0.4 is 5.32 Å². The number of hydrogen-bond acceptors (Lipinski definition) is 4. The molecular formula is C12H17N3O2. The maximum Gasteiger partial charge on any atom is 0.257 e. The minimum absolute atomic E-state index is 0.117. The van der Waals surface area contributed by atoms with E-state index in [9.17, 15) is 4.79 Å². The first-order valence-electron chi connectivity index (χ1n) is 5.76. The lowest BCUT2D eigenvalue weighted by atomic mass is 10.1. The summed E-state index contributed by atoms with van der Waals surface area (Å²) in [5.41, 5.74) is 0.292. The van der Waals surface area contributed by atoms with Crippen LogP contribution in [0.1, 0.15) is 38.3 Å². The highest BCUT2D eigenvalue weighted by molar-refractivity contribution is 5.98. The maximum absolute atomic E-state index is 11.9. The second kappa shape index (κ2) is 4.41. The van der Waals surface area contributed by atoms with Crippen LogP contribution in [-0.4, -0.2) is 28.6 Å². The number of anilines is 1. The van der Waals surface area contributed by atoms with Crippen molar-refractivity contribution in [3.8, 4) is 0 Å². The molecule has 0 unspecified atom stereocenters. The highest BCUT2D eigenvalue weighted by Gasteiger charge is 2.50. The van der Waals surface area contributed by atoms with Crippen LogP contribution in [0.2, 0.25) is 0 Å². The average molecular weight is 235 g/mol. The van der Waals surface area contributed by atoms with Gasteiger partial charge >= 0.3 is 0 Å². The van der Waals surface area contributed by atoms with E-state index >= 15 is 0 Å². The van der Waals surface area contributed by atoms with Gasteiger partial charge in [0.1, 0.15) is 17.7 Å². The number of amides is 1. The zero-order valence-electron chi connectivity index (χ0n) is 10.4. The van der Waals surface area contributed by atoms with E-state index in [1.165, 1.54) is 6.33 Å².